The molecule has 0 bridgehead atoms. The Balaban J connectivity index is 4.41. The first kappa shape index (κ1) is 13.6. The summed E-state index contributed by atoms with van der Waals surface area (Å²) in [4.78, 5) is 25.8. The predicted octanol–water partition coefficient (Wildman–Crippen LogP) is 1.52. The molecule has 5 heteroatoms. The van der Waals surface area contributed by atoms with E-state index in [2.05, 4.69) is 17.0 Å². The minimum Gasteiger partial charge on any atom is -0.444 e. The minimum atomic E-state index is -1.09. The number of amides is 2. The number of nitrogens with zero attached hydrogens (tertiary/aromatic N) is 1. The van der Waals surface area contributed by atoms with E-state index < -0.39 is 23.1 Å². The van der Waals surface area contributed by atoms with Crippen LogP contribution in [0, 0.1) is 0 Å². The highest BCUT2D eigenvalue weighted by molar-refractivity contribution is 5.91. The quantitative estimate of drug-likeness (QED) is 0.708. The molecule has 0 aliphatic carbocycles. The molecule has 0 aliphatic rings. The molecule has 5 nitrogen and oxygen atoms in total. The van der Waals surface area contributed by atoms with Crippen molar-refractivity contribution in [1.82, 2.24) is 5.32 Å². The lowest BCUT2D eigenvalue weighted by Gasteiger charge is -2.25. The number of aliphatic imine (C=N–C) groups is 1. The summed E-state index contributed by atoms with van der Waals surface area (Å²) >= 11 is 0. The molecule has 0 unspecified atom stereocenters. The SMILES string of the molecule is C=NC(=O)C(C)(C)NC(=O)OC(C)(C)C. The molecule has 0 atom stereocenters. The molecule has 0 fully saturated rings. The second-order valence-electron chi connectivity index (χ2n) is 4.72. The largest absolute Gasteiger partial charge is 0.444 e. The molecule has 15 heavy (non-hydrogen) atoms. The smallest absolute Gasteiger partial charge is 0.408 e. The van der Waals surface area contributed by atoms with Gasteiger partial charge in [0.1, 0.15) is 11.1 Å². The Kier molecular flexibility index (Phi) is 4.01. The summed E-state index contributed by atoms with van der Waals surface area (Å²) in [7, 11) is 0. The average molecular weight is 214 g/mol. The molecular weight excluding hydrogens is 196 g/mol. The Hall–Kier alpha value is -1.39. The molecule has 0 saturated carbocycles. The van der Waals surface area contributed by atoms with Crippen LogP contribution in [0.15, 0.2) is 4.99 Å². The van der Waals surface area contributed by atoms with Crippen LogP contribution in [0.3, 0.4) is 0 Å². The molecule has 0 aromatic heterocycles. The van der Waals surface area contributed by atoms with Gasteiger partial charge < -0.3 is 10.1 Å². The Morgan fingerprint density at radius 2 is 1.67 bits per heavy atom. The van der Waals surface area contributed by atoms with Crippen LogP contribution in [0.5, 0.6) is 0 Å². The fourth-order valence-corrected chi connectivity index (χ4v) is 0.810. The van der Waals surface area contributed by atoms with E-state index >= 15 is 0 Å². The highest BCUT2D eigenvalue weighted by Gasteiger charge is 2.30. The third kappa shape index (κ3) is 5.15. The van der Waals surface area contributed by atoms with Gasteiger partial charge in [-0.3, -0.25) is 4.79 Å². The van der Waals surface area contributed by atoms with E-state index in [1.54, 1.807) is 20.8 Å². The number of hydrogen-bond acceptors (Lipinski definition) is 3. The summed E-state index contributed by atoms with van der Waals surface area (Å²) < 4.78 is 5.00. The maximum atomic E-state index is 11.3. The van der Waals surface area contributed by atoms with Crippen LogP contribution in [-0.2, 0) is 9.53 Å². The zero-order chi connectivity index (χ0) is 12.3. The highest BCUT2D eigenvalue weighted by Crippen LogP contribution is 2.10. The van der Waals surface area contributed by atoms with Gasteiger partial charge in [0.15, 0.2) is 0 Å². The fourth-order valence-electron chi connectivity index (χ4n) is 0.810. The van der Waals surface area contributed by atoms with Crippen molar-refractivity contribution in [2.24, 2.45) is 4.99 Å². The fraction of sp³-hybridized carbons (Fsp3) is 0.700. The minimum absolute atomic E-state index is 0.506. The van der Waals surface area contributed by atoms with E-state index in [1.807, 2.05) is 0 Å². The van der Waals surface area contributed by atoms with Crippen molar-refractivity contribution in [3.63, 3.8) is 0 Å². The summed E-state index contributed by atoms with van der Waals surface area (Å²) in [5.41, 5.74) is -1.69. The Morgan fingerprint density at radius 3 is 2.00 bits per heavy atom. The van der Waals surface area contributed by atoms with Gasteiger partial charge in [-0.1, -0.05) is 0 Å². The van der Waals surface area contributed by atoms with Crippen LogP contribution in [0.25, 0.3) is 0 Å². The van der Waals surface area contributed by atoms with Crippen molar-refractivity contribution >= 4 is 18.7 Å². The first-order valence-electron chi connectivity index (χ1n) is 4.61. The Morgan fingerprint density at radius 1 is 1.20 bits per heavy atom. The summed E-state index contributed by atoms with van der Waals surface area (Å²) in [6.45, 7) is 11.4. The van der Waals surface area contributed by atoms with Gasteiger partial charge in [0, 0.05) is 0 Å². The van der Waals surface area contributed by atoms with Gasteiger partial charge in [0.25, 0.3) is 5.91 Å². The number of carbonyl (C=O) groups excluding carboxylic acids is 2. The van der Waals surface area contributed by atoms with E-state index in [0.29, 0.717) is 0 Å². The van der Waals surface area contributed by atoms with E-state index in [9.17, 15) is 9.59 Å². The zero-order valence-electron chi connectivity index (χ0n) is 9.88. The van der Waals surface area contributed by atoms with Gasteiger partial charge in [-0.05, 0) is 41.3 Å². The summed E-state index contributed by atoms with van der Waals surface area (Å²) in [6.07, 6.45) is -0.649. The molecule has 0 radical (unpaired) electrons. The standard InChI is InChI=1S/C10H18N2O3/c1-9(2,3)15-8(14)12-10(4,5)7(13)11-6/h6H2,1-5H3,(H,12,14). The molecular formula is C10H18N2O3. The molecule has 1 N–H and O–H groups in total. The molecule has 0 heterocycles. The van der Waals surface area contributed by atoms with Crippen LogP contribution in [0.4, 0.5) is 4.79 Å². The highest BCUT2D eigenvalue weighted by atomic mass is 16.6. The second kappa shape index (κ2) is 4.42. The van der Waals surface area contributed by atoms with Gasteiger partial charge in [-0.2, -0.15) is 0 Å². The first-order valence-corrected chi connectivity index (χ1v) is 4.61. The average Bonchev–Trinajstić information content (AvgIpc) is 1.97. The van der Waals surface area contributed by atoms with Crippen LogP contribution in [-0.4, -0.2) is 29.9 Å². The van der Waals surface area contributed by atoms with Gasteiger partial charge in [-0.25, -0.2) is 9.79 Å². The lowest BCUT2D eigenvalue weighted by Crippen LogP contribution is -2.50. The van der Waals surface area contributed by atoms with Crippen molar-refractivity contribution in [1.29, 1.82) is 0 Å². The molecule has 86 valence electrons. The van der Waals surface area contributed by atoms with Crippen molar-refractivity contribution < 1.29 is 14.3 Å². The molecule has 0 rings (SSSR count). The number of alkyl carbamates (subject to hydrolysis) is 1. The number of nitrogens with one attached hydrogen (secondary N) is 1. The Labute approximate surface area is 89.9 Å². The van der Waals surface area contributed by atoms with Gasteiger partial charge in [0.05, 0.1) is 0 Å². The number of carbonyl (C=O) groups is 2. The zero-order valence-corrected chi connectivity index (χ0v) is 9.88. The van der Waals surface area contributed by atoms with Crippen LogP contribution in [0.2, 0.25) is 0 Å². The van der Waals surface area contributed by atoms with Gasteiger partial charge in [0.2, 0.25) is 0 Å². The van der Waals surface area contributed by atoms with Crippen LogP contribution >= 0.6 is 0 Å². The van der Waals surface area contributed by atoms with E-state index in [-0.39, 0.29) is 0 Å². The van der Waals surface area contributed by atoms with E-state index in [0.717, 1.165) is 0 Å². The molecule has 2 amide bonds. The molecule has 0 aromatic carbocycles. The summed E-state index contributed by atoms with van der Waals surface area (Å²) in [5.74, 6) is -0.506. The second-order valence-corrected chi connectivity index (χ2v) is 4.72. The normalized spacial score (nSPS) is 11.8. The number of ether oxygens (including phenoxy) is 1. The Bertz CT molecular complexity index is 277. The molecule has 0 spiro atoms. The summed E-state index contributed by atoms with van der Waals surface area (Å²) in [5, 5.41) is 2.42. The van der Waals surface area contributed by atoms with Crippen molar-refractivity contribution in [2.45, 2.75) is 45.8 Å². The topological polar surface area (TPSA) is 67.8 Å². The molecule has 0 aliphatic heterocycles. The first-order chi connectivity index (χ1) is 6.58. The van der Waals surface area contributed by atoms with E-state index in [1.165, 1.54) is 13.8 Å². The monoisotopic (exact) mass is 214 g/mol. The number of rotatable bonds is 2. The lowest BCUT2D eigenvalue weighted by molar-refractivity contribution is -0.122. The van der Waals surface area contributed by atoms with Gasteiger partial charge >= 0.3 is 6.09 Å². The van der Waals surface area contributed by atoms with Gasteiger partial charge in [-0.15, -0.1) is 0 Å². The predicted molar refractivity (Wildman–Crippen MR) is 58.0 cm³/mol. The molecule has 0 saturated heterocycles. The van der Waals surface area contributed by atoms with E-state index in [4.69, 9.17) is 4.74 Å². The third-order valence-corrected chi connectivity index (χ3v) is 1.49. The molecule has 0 aromatic rings. The van der Waals surface area contributed by atoms with Crippen molar-refractivity contribution in [3.05, 3.63) is 0 Å². The number of hydrogen-bond donors (Lipinski definition) is 1. The maximum Gasteiger partial charge on any atom is 0.408 e. The third-order valence-electron chi connectivity index (χ3n) is 1.49. The maximum absolute atomic E-state index is 11.3. The van der Waals surface area contributed by atoms with Crippen LogP contribution < -0.4 is 5.32 Å². The lowest BCUT2D eigenvalue weighted by atomic mass is 10.1. The van der Waals surface area contributed by atoms with Crippen molar-refractivity contribution in [3.8, 4) is 0 Å². The van der Waals surface area contributed by atoms with Crippen LogP contribution in [0.1, 0.15) is 34.6 Å². The summed E-state index contributed by atoms with van der Waals surface area (Å²) in [6, 6.07) is 0. The van der Waals surface area contributed by atoms with Crippen molar-refractivity contribution in [2.75, 3.05) is 0 Å².